The molecule has 1 nitrogen and oxygen atoms in total. The van der Waals surface area contributed by atoms with Crippen molar-refractivity contribution in [3.8, 4) is 0 Å². The normalized spacial score (nSPS) is 12.5. The highest BCUT2D eigenvalue weighted by atomic mass is 19.4. The number of halogens is 6. The van der Waals surface area contributed by atoms with Crippen molar-refractivity contribution in [3.63, 3.8) is 0 Å². The first-order valence-electron chi connectivity index (χ1n) is 11.4. The van der Waals surface area contributed by atoms with Crippen LogP contribution in [0, 0.1) is 13.8 Å². The van der Waals surface area contributed by atoms with Crippen LogP contribution in [-0.4, -0.2) is 0 Å². The van der Waals surface area contributed by atoms with Gasteiger partial charge in [0.2, 0.25) is 0 Å². The molecule has 0 bridgehead atoms. The summed E-state index contributed by atoms with van der Waals surface area (Å²) in [5, 5.41) is 3.34. The largest absolute Gasteiger partial charge is 0.416 e. The molecular weight excluding hydrogens is 488 g/mol. The standard InChI is InChI=1S/C30H23F6N/c1-19-6-15-28(20(2)16-19)37-26-13-7-21(8-14-26)17-27(22-9-11-24(12-10-22)29(31,32)33)23-4-3-5-25(18-23)30(34,35)36/h3-18,37H,1-2H3/b27-17+. The van der Waals surface area contributed by atoms with Crippen LogP contribution in [0.3, 0.4) is 0 Å². The zero-order valence-electron chi connectivity index (χ0n) is 20.0. The fraction of sp³-hybridized carbons (Fsp3) is 0.133. The first-order valence-corrected chi connectivity index (χ1v) is 11.4. The summed E-state index contributed by atoms with van der Waals surface area (Å²) < 4.78 is 79.3. The maximum atomic E-state index is 13.4. The first kappa shape index (κ1) is 26.1. The van der Waals surface area contributed by atoms with E-state index in [1.807, 2.05) is 38.1 Å². The molecular formula is C30H23F6N. The van der Waals surface area contributed by atoms with Crippen LogP contribution in [0.1, 0.15) is 38.9 Å². The molecule has 0 aliphatic heterocycles. The third-order valence-corrected chi connectivity index (χ3v) is 5.91. The minimum Gasteiger partial charge on any atom is -0.355 e. The minimum atomic E-state index is -4.55. The van der Waals surface area contributed by atoms with E-state index in [4.69, 9.17) is 0 Å². The number of benzene rings is 4. The van der Waals surface area contributed by atoms with Gasteiger partial charge in [0.25, 0.3) is 0 Å². The topological polar surface area (TPSA) is 12.0 Å². The molecule has 4 aromatic rings. The third-order valence-electron chi connectivity index (χ3n) is 5.91. The van der Waals surface area contributed by atoms with E-state index >= 15 is 0 Å². The lowest BCUT2D eigenvalue weighted by molar-refractivity contribution is -0.138. The summed E-state index contributed by atoms with van der Waals surface area (Å²) in [5.41, 5.74) is 3.98. The van der Waals surface area contributed by atoms with E-state index in [1.54, 1.807) is 18.2 Å². The molecule has 0 aromatic heterocycles. The van der Waals surface area contributed by atoms with E-state index in [0.717, 1.165) is 46.8 Å². The van der Waals surface area contributed by atoms with Crippen LogP contribution < -0.4 is 5.32 Å². The Morgan fingerprint density at radius 2 is 1.30 bits per heavy atom. The van der Waals surface area contributed by atoms with Crippen LogP contribution in [0.15, 0.2) is 91.0 Å². The average molecular weight is 512 g/mol. The Kier molecular flexibility index (Phi) is 7.16. The van der Waals surface area contributed by atoms with Crippen molar-refractivity contribution < 1.29 is 26.3 Å². The van der Waals surface area contributed by atoms with Gasteiger partial charge in [-0.1, -0.05) is 54.1 Å². The minimum absolute atomic E-state index is 0.243. The summed E-state index contributed by atoms with van der Waals surface area (Å²) >= 11 is 0. The number of rotatable bonds is 5. The second kappa shape index (κ2) is 10.2. The van der Waals surface area contributed by atoms with Gasteiger partial charge in [0.15, 0.2) is 0 Å². The van der Waals surface area contributed by atoms with Crippen molar-refractivity contribution in [2.24, 2.45) is 0 Å². The van der Waals surface area contributed by atoms with Gasteiger partial charge in [-0.2, -0.15) is 26.3 Å². The lowest BCUT2D eigenvalue weighted by atomic mass is 9.93. The van der Waals surface area contributed by atoms with Gasteiger partial charge >= 0.3 is 12.4 Å². The van der Waals surface area contributed by atoms with E-state index in [9.17, 15) is 26.3 Å². The van der Waals surface area contributed by atoms with Gasteiger partial charge in [0.05, 0.1) is 11.1 Å². The van der Waals surface area contributed by atoms with Gasteiger partial charge < -0.3 is 5.32 Å². The van der Waals surface area contributed by atoms with Gasteiger partial charge in [-0.3, -0.25) is 0 Å². The average Bonchev–Trinajstić information content (AvgIpc) is 2.84. The molecule has 37 heavy (non-hydrogen) atoms. The van der Waals surface area contributed by atoms with E-state index < -0.39 is 23.5 Å². The van der Waals surface area contributed by atoms with Crippen LogP contribution in [0.2, 0.25) is 0 Å². The molecule has 1 N–H and O–H groups in total. The molecule has 7 heteroatoms. The first-order chi connectivity index (χ1) is 17.4. The van der Waals surface area contributed by atoms with Crippen molar-refractivity contribution in [3.05, 3.63) is 130 Å². The highest BCUT2D eigenvalue weighted by Crippen LogP contribution is 2.35. The smallest absolute Gasteiger partial charge is 0.355 e. The molecule has 0 saturated carbocycles. The maximum Gasteiger partial charge on any atom is 0.416 e. The number of anilines is 2. The summed E-state index contributed by atoms with van der Waals surface area (Å²) in [5.74, 6) is 0. The molecule has 0 radical (unpaired) electrons. The highest BCUT2D eigenvalue weighted by Gasteiger charge is 2.31. The van der Waals surface area contributed by atoms with E-state index in [1.165, 1.54) is 24.3 Å². The fourth-order valence-electron chi connectivity index (χ4n) is 3.97. The molecule has 0 atom stereocenters. The summed E-state index contributed by atoms with van der Waals surface area (Å²) in [6.45, 7) is 4.01. The molecule has 0 aliphatic carbocycles. The van der Waals surface area contributed by atoms with Crippen molar-refractivity contribution >= 4 is 23.0 Å². The van der Waals surface area contributed by atoms with Crippen LogP contribution >= 0.6 is 0 Å². The summed E-state index contributed by atoms with van der Waals surface area (Å²) in [6, 6.07) is 22.4. The Hall–Kier alpha value is -4.00. The van der Waals surface area contributed by atoms with Crippen LogP contribution in [-0.2, 0) is 12.4 Å². The van der Waals surface area contributed by atoms with Crippen molar-refractivity contribution in [1.82, 2.24) is 0 Å². The Bertz CT molecular complexity index is 1410. The number of hydrogen-bond donors (Lipinski definition) is 1. The number of alkyl halides is 6. The number of hydrogen-bond acceptors (Lipinski definition) is 1. The maximum absolute atomic E-state index is 13.4. The van der Waals surface area contributed by atoms with Gasteiger partial charge in [-0.25, -0.2) is 0 Å². The van der Waals surface area contributed by atoms with Gasteiger partial charge in [0.1, 0.15) is 0 Å². The van der Waals surface area contributed by atoms with Gasteiger partial charge in [-0.15, -0.1) is 0 Å². The van der Waals surface area contributed by atoms with Crippen LogP contribution in [0.4, 0.5) is 37.7 Å². The third kappa shape index (κ3) is 6.42. The Morgan fingerprint density at radius 1 is 0.649 bits per heavy atom. The van der Waals surface area contributed by atoms with E-state index in [2.05, 4.69) is 11.4 Å². The number of aryl methyl sites for hydroxylation is 2. The predicted octanol–water partition coefficient (Wildman–Crippen LogP) is 9.67. The summed E-state index contributed by atoms with van der Waals surface area (Å²) in [6.07, 6.45) is -7.40. The Balaban J connectivity index is 1.72. The zero-order valence-corrected chi connectivity index (χ0v) is 20.0. The summed E-state index contributed by atoms with van der Waals surface area (Å²) in [7, 11) is 0. The van der Waals surface area contributed by atoms with Crippen molar-refractivity contribution in [2.75, 3.05) is 5.32 Å². The second-order valence-corrected chi connectivity index (χ2v) is 8.78. The van der Waals surface area contributed by atoms with Crippen LogP contribution in [0.5, 0.6) is 0 Å². The molecule has 4 rings (SSSR count). The molecule has 4 aromatic carbocycles. The van der Waals surface area contributed by atoms with Gasteiger partial charge in [0, 0.05) is 11.4 Å². The molecule has 190 valence electrons. The Labute approximate surface area is 211 Å². The SMILES string of the molecule is Cc1ccc(Nc2ccc(/C=C(\c3ccc(C(F)(F)F)cc3)c3cccc(C(F)(F)F)c3)cc2)c(C)c1. The molecule has 0 aliphatic rings. The highest BCUT2D eigenvalue weighted by molar-refractivity contribution is 5.91. The quantitative estimate of drug-likeness (QED) is 0.208. The molecule has 0 unspecified atom stereocenters. The summed E-state index contributed by atoms with van der Waals surface area (Å²) in [4.78, 5) is 0. The molecule has 0 saturated heterocycles. The molecule has 0 heterocycles. The Morgan fingerprint density at radius 3 is 1.89 bits per heavy atom. The molecule has 0 amide bonds. The van der Waals surface area contributed by atoms with Crippen LogP contribution in [0.25, 0.3) is 11.6 Å². The van der Waals surface area contributed by atoms with E-state index in [-0.39, 0.29) is 5.56 Å². The van der Waals surface area contributed by atoms with Gasteiger partial charge in [-0.05, 0) is 90.2 Å². The predicted molar refractivity (Wildman–Crippen MR) is 136 cm³/mol. The lowest BCUT2D eigenvalue weighted by Gasteiger charge is -2.14. The monoisotopic (exact) mass is 511 g/mol. The van der Waals surface area contributed by atoms with Crippen molar-refractivity contribution in [1.29, 1.82) is 0 Å². The molecule has 0 fully saturated rings. The number of nitrogens with one attached hydrogen (secondary N) is 1. The zero-order chi connectivity index (χ0) is 26.8. The lowest BCUT2D eigenvalue weighted by Crippen LogP contribution is -2.06. The molecule has 0 spiro atoms. The second-order valence-electron chi connectivity index (χ2n) is 8.78. The fourth-order valence-corrected chi connectivity index (χ4v) is 3.97. The van der Waals surface area contributed by atoms with E-state index in [0.29, 0.717) is 16.7 Å². The van der Waals surface area contributed by atoms with Crippen molar-refractivity contribution in [2.45, 2.75) is 26.2 Å².